The summed E-state index contributed by atoms with van der Waals surface area (Å²) < 4.78 is 0. The fourth-order valence-electron chi connectivity index (χ4n) is 4.09. The van der Waals surface area contributed by atoms with E-state index < -0.39 is 4.92 Å². The number of carbonyl (C=O) groups is 2. The van der Waals surface area contributed by atoms with E-state index in [1.54, 1.807) is 17.0 Å². The maximum Gasteiger partial charge on any atom is 0.293 e. The first-order valence-corrected chi connectivity index (χ1v) is 11.0. The highest BCUT2D eigenvalue weighted by Crippen LogP contribution is 2.31. The molecule has 9 nitrogen and oxygen atoms in total. The summed E-state index contributed by atoms with van der Waals surface area (Å²) in [7, 11) is 0. The number of hydrogen-bond donors (Lipinski definition) is 1. The molecule has 2 heterocycles. The predicted octanol–water partition coefficient (Wildman–Crippen LogP) is 2.12. The molecule has 0 aromatic heterocycles. The van der Waals surface area contributed by atoms with Crippen LogP contribution in [0.3, 0.4) is 0 Å². The largest absolute Gasteiger partial charge is 0.364 e. The first kappa shape index (κ1) is 23.0. The number of rotatable bonds is 4. The van der Waals surface area contributed by atoms with Gasteiger partial charge in [-0.2, -0.15) is 0 Å². The summed E-state index contributed by atoms with van der Waals surface area (Å²) in [5.74, 6) is -0.0493. The summed E-state index contributed by atoms with van der Waals surface area (Å²) in [4.78, 5) is 42.3. The van der Waals surface area contributed by atoms with Crippen LogP contribution in [-0.2, 0) is 4.79 Å². The molecule has 0 aliphatic carbocycles. The minimum absolute atomic E-state index is 0.0598. The lowest BCUT2D eigenvalue weighted by atomic mass is 9.91. The number of anilines is 1. The molecule has 2 fully saturated rings. The second-order valence-electron chi connectivity index (χ2n) is 9.46. The average Bonchev–Trinajstić information content (AvgIpc) is 2.98. The fourth-order valence-corrected chi connectivity index (χ4v) is 4.09. The van der Waals surface area contributed by atoms with E-state index in [2.05, 4.69) is 5.32 Å². The highest BCUT2D eigenvalue weighted by Gasteiger charge is 2.28. The number of nitrogens with zero attached hydrogens (tertiary/aromatic N) is 4. The molecule has 0 unspecified atom stereocenters. The molecule has 170 valence electrons. The van der Waals surface area contributed by atoms with Gasteiger partial charge in [0.2, 0.25) is 5.91 Å². The van der Waals surface area contributed by atoms with Gasteiger partial charge in [0.05, 0.1) is 4.92 Å². The van der Waals surface area contributed by atoms with Crippen molar-refractivity contribution < 1.29 is 14.5 Å². The third-order valence-electron chi connectivity index (χ3n) is 5.69. The molecule has 31 heavy (non-hydrogen) atoms. The molecule has 2 amide bonds. The molecule has 0 bridgehead atoms. The lowest BCUT2D eigenvalue weighted by molar-refractivity contribution is -0.384. The molecule has 2 saturated heterocycles. The van der Waals surface area contributed by atoms with Crippen molar-refractivity contribution in [3.05, 3.63) is 33.9 Å². The van der Waals surface area contributed by atoms with Crippen LogP contribution >= 0.6 is 0 Å². The van der Waals surface area contributed by atoms with E-state index in [1.165, 1.54) is 6.07 Å². The number of nitro groups is 1. The van der Waals surface area contributed by atoms with Crippen molar-refractivity contribution in [2.45, 2.75) is 33.6 Å². The zero-order chi connectivity index (χ0) is 22.6. The van der Waals surface area contributed by atoms with Crippen LogP contribution in [0.5, 0.6) is 0 Å². The Kier molecular flexibility index (Phi) is 7.15. The van der Waals surface area contributed by atoms with Gasteiger partial charge in [-0.15, -0.1) is 0 Å². The number of piperazine rings is 1. The Labute approximate surface area is 183 Å². The van der Waals surface area contributed by atoms with Gasteiger partial charge in [-0.1, -0.05) is 20.8 Å². The number of hydrogen-bond acceptors (Lipinski definition) is 6. The number of carbonyl (C=O) groups excluding carboxylic acids is 2. The minimum atomic E-state index is -0.419. The standard InChI is InChI=1S/C22H33N5O4/c1-22(2,3)16-20(28)25-10-4-9-24(13-14-25)18-6-5-17(15-19(18)27(30)31)21(29)26-11-7-23-8-12-26/h5-6,15,23H,4,7-14,16H2,1-3H3. The van der Waals surface area contributed by atoms with Crippen LogP contribution in [-0.4, -0.2) is 78.9 Å². The lowest BCUT2D eigenvalue weighted by Crippen LogP contribution is -2.46. The van der Waals surface area contributed by atoms with E-state index in [9.17, 15) is 19.7 Å². The average molecular weight is 432 g/mol. The molecular weight excluding hydrogens is 398 g/mol. The van der Waals surface area contributed by atoms with Crippen molar-refractivity contribution in [3.8, 4) is 0 Å². The molecule has 2 aliphatic heterocycles. The quantitative estimate of drug-likeness (QED) is 0.579. The maximum absolute atomic E-state index is 12.8. The highest BCUT2D eigenvalue weighted by atomic mass is 16.6. The normalized spacial score (nSPS) is 18.0. The van der Waals surface area contributed by atoms with Crippen molar-refractivity contribution in [1.29, 1.82) is 0 Å². The fraction of sp³-hybridized carbons (Fsp3) is 0.636. The monoisotopic (exact) mass is 431 g/mol. The Morgan fingerprint density at radius 1 is 1.03 bits per heavy atom. The third kappa shape index (κ3) is 5.94. The third-order valence-corrected chi connectivity index (χ3v) is 5.69. The summed E-state index contributed by atoms with van der Waals surface area (Å²) in [6, 6.07) is 4.76. The van der Waals surface area contributed by atoms with Crippen LogP contribution in [0.4, 0.5) is 11.4 Å². The summed E-state index contributed by atoms with van der Waals surface area (Å²) in [5.41, 5.74) is 0.714. The summed E-state index contributed by atoms with van der Waals surface area (Å²) in [6.45, 7) is 11.1. The van der Waals surface area contributed by atoms with E-state index in [4.69, 9.17) is 0 Å². The molecule has 2 aliphatic rings. The molecule has 0 radical (unpaired) electrons. The Bertz CT molecular complexity index is 830. The van der Waals surface area contributed by atoms with E-state index in [0.717, 1.165) is 19.5 Å². The van der Waals surface area contributed by atoms with E-state index in [1.807, 2.05) is 30.6 Å². The van der Waals surface area contributed by atoms with Crippen molar-refractivity contribution in [2.24, 2.45) is 5.41 Å². The molecule has 1 aromatic rings. The van der Waals surface area contributed by atoms with Crippen LogP contribution < -0.4 is 10.2 Å². The van der Waals surface area contributed by atoms with Crippen molar-refractivity contribution in [1.82, 2.24) is 15.1 Å². The molecule has 0 atom stereocenters. The number of nitrogens with one attached hydrogen (secondary N) is 1. The molecule has 0 spiro atoms. The molecule has 9 heteroatoms. The Balaban J connectivity index is 1.75. The lowest BCUT2D eigenvalue weighted by Gasteiger charge is -2.28. The molecule has 3 rings (SSSR count). The van der Waals surface area contributed by atoms with Gasteiger partial charge in [0.25, 0.3) is 11.6 Å². The van der Waals surface area contributed by atoms with Gasteiger partial charge < -0.3 is 20.0 Å². The van der Waals surface area contributed by atoms with Gasteiger partial charge in [-0.05, 0) is 24.0 Å². The second kappa shape index (κ2) is 9.64. The van der Waals surface area contributed by atoms with Gasteiger partial charge in [0.1, 0.15) is 5.69 Å². The van der Waals surface area contributed by atoms with Crippen molar-refractivity contribution in [2.75, 3.05) is 57.3 Å². The first-order chi connectivity index (χ1) is 14.7. The van der Waals surface area contributed by atoms with E-state index in [-0.39, 0.29) is 22.9 Å². The van der Waals surface area contributed by atoms with Crippen molar-refractivity contribution in [3.63, 3.8) is 0 Å². The summed E-state index contributed by atoms with van der Waals surface area (Å²) in [5, 5.41) is 15.0. The summed E-state index contributed by atoms with van der Waals surface area (Å²) >= 11 is 0. The Morgan fingerprint density at radius 2 is 1.74 bits per heavy atom. The van der Waals surface area contributed by atoms with Crippen LogP contribution in [0.25, 0.3) is 0 Å². The van der Waals surface area contributed by atoms with Gasteiger partial charge >= 0.3 is 0 Å². The minimum Gasteiger partial charge on any atom is -0.364 e. The van der Waals surface area contributed by atoms with Crippen LogP contribution in [0.1, 0.15) is 44.0 Å². The van der Waals surface area contributed by atoms with Crippen LogP contribution in [0, 0.1) is 15.5 Å². The van der Waals surface area contributed by atoms with Gasteiger partial charge in [0.15, 0.2) is 0 Å². The van der Waals surface area contributed by atoms with Crippen LogP contribution in [0.2, 0.25) is 0 Å². The van der Waals surface area contributed by atoms with E-state index >= 15 is 0 Å². The Hall–Kier alpha value is -2.68. The second-order valence-corrected chi connectivity index (χ2v) is 9.46. The molecule has 1 aromatic carbocycles. The number of amides is 2. The van der Waals surface area contributed by atoms with Gasteiger partial charge in [0, 0.05) is 70.4 Å². The van der Waals surface area contributed by atoms with Crippen molar-refractivity contribution >= 4 is 23.2 Å². The summed E-state index contributed by atoms with van der Waals surface area (Å²) in [6.07, 6.45) is 1.23. The topological polar surface area (TPSA) is 99.0 Å². The van der Waals surface area contributed by atoms with Gasteiger partial charge in [-0.3, -0.25) is 19.7 Å². The smallest absolute Gasteiger partial charge is 0.293 e. The zero-order valence-electron chi connectivity index (χ0n) is 18.7. The number of nitro benzene ring substituents is 1. The predicted molar refractivity (Wildman–Crippen MR) is 119 cm³/mol. The Morgan fingerprint density at radius 3 is 2.39 bits per heavy atom. The number of benzene rings is 1. The first-order valence-electron chi connectivity index (χ1n) is 11.0. The highest BCUT2D eigenvalue weighted by molar-refractivity contribution is 5.96. The molecular formula is C22H33N5O4. The molecule has 0 saturated carbocycles. The zero-order valence-corrected chi connectivity index (χ0v) is 18.7. The molecule has 1 N–H and O–H groups in total. The SMILES string of the molecule is CC(C)(C)CC(=O)N1CCCN(c2ccc(C(=O)N3CCNCC3)cc2[N+](=O)[O-])CC1. The van der Waals surface area contributed by atoms with E-state index in [0.29, 0.717) is 56.9 Å². The maximum atomic E-state index is 12.8. The van der Waals surface area contributed by atoms with Gasteiger partial charge in [-0.25, -0.2) is 0 Å². The van der Waals surface area contributed by atoms with Crippen LogP contribution in [0.15, 0.2) is 18.2 Å².